The molecular weight excluding hydrogens is 774 g/mol. The van der Waals surface area contributed by atoms with E-state index in [4.69, 9.17) is 18.9 Å². The molecule has 1 amide bonds. The van der Waals surface area contributed by atoms with E-state index in [0.29, 0.717) is 19.3 Å². The van der Waals surface area contributed by atoms with E-state index in [2.05, 4.69) is 31.3 Å². The van der Waals surface area contributed by atoms with Crippen molar-refractivity contribution >= 4 is 5.91 Å². The van der Waals surface area contributed by atoms with Crippen LogP contribution in [0.25, 0.3) is 0 Å². The van der Waals surface area contributed by atoms with Crippen LogP contribution in [0, 0.1) is 0 Å². The Labute approximate surface area is 361 Å². The Kier molecular flexibility index (Phi) is 31.3. The predicted molar refractivity (Wildman–Crippen MR) is 231 cm³/mol. The fourth-order valence-electron chi connectivity index (χ4n) is 8.00. The van der Waals surface area contributed by atoms with Gasteiger partial charge >= 0.3 is 0 Å². The topological polar surface area (TPSA) is 228 Å². The van der Waals surface area contributed by atoms with E-state index < -0.39 is 86.8 Å². The van der Waals surface area contributed by atoms with Gasteiger partial charge in [0, 0.05) is 6.42 Å². The van der Waals surface area contributed by atoms with Gasteiger partial charge in [-0.15, -0.1) is 0 Å². The van der Waals surface area contributed by atoms with E-state index in [1.807, 2.05) is 0 Å². The molecule has 60 heavy (non-hydrogen) atoms. The van der Waals surface area contributed by atoms with Crippen LogP contribution < -0.4 is 5.32 Å². The van der Waals surface area contributed by atoms with Crippen molar-refractivity contribution in [1.82, 2.24) is 5.32 Å². The average molecular weight is 862 g/mol. The molecule has 14 heteroatoms. The van der Waals surface area contributed by atoms with Crippen molar-refractivity contribution in [1.29, 1.82) is 0 Å². The van der Waals surface area contributed by atoms with Crippen LogP contribution in [0.4, 0.5) is 0 Å². The lowest BCUT2D eigenvalue weighted by Gasteiger charge is -2.46. The second kappa shape index (κ2) is 34.2. The largest absolute Gasteiger partial charge is 0.394 e. The summed E-state index contributed by atoms with van der Waals surface area (Å²) in [6.45, 7) is 2.77. The van der Waals surface area contributed by atoms with Gasteiger partial charge in [0.15, 0.2) is 12.6 Å². The van der Waals surface area contributed by atoms with E-state index in [1.165, 1.54) is 77.0 Å². The number of rotatable bonds is 36. The van der Waals surface area contributed by atoms with Gasteiger partial charge in [-0.05, 0) is 32.1 Å². The highest BCUT2D eigenvalue weighted by Crippen LogP contribution is 2.30. The van der Waals surface area contributed by atoms with Gasteiger partial charge in [0.05, 0.1) is 32.0 Å². The third-order valence-corrected chi connectivity index (χ3v) is 12.0. The van der Waals surface area contributed by atoms with Crippen LogP contribution in [-0.2, 0) is 23.7 Å². The number of nitrogens with one attached hydrogen (secondary N) is 1. The summed E-state index contributed by atoms with van der Waals surface area (Å²) in [6, 6.07) is -0.827. The SMILES string of the molecule is CCC/C=C\CCCCCCCC(=O)NC(COC1OC(CO)C(OC2OC(CO)C(O)C(O)C2O)C(O)C1O)C(O)CCCCCCCCCCCCCCCCCC. The van der Waals surface area contributed by atoms with Crippen LogP contribution in [0.2, 0.25) is 0 Å². The number of unbranched alkanes of at least 4 members (excludes halogenated alkanes) is 21. The van der Waals surface area contributed by atoms with E-state index >= 15 is 0 Å². The molecule has 9 N–H and O–H groups in total. The molecule has 12 unspecified atom stereocenters. The highest BCUT2D eigenvalue weighted by Gasteiger charge is 2.51. The zero-order chi connectivity index (χ0) is 44.0. The lowest BCUT2D eigenvalue weighted by atomic mass is 9.97. The Bertz CT molecular complexity index is 1070. The molecule has 0 radical (unpaired) electrons. The van der Waals surface area contributed by atoms with Crippen LogP contribution in [0.15, 0.2) is 12.2 Å². The molecule has 2 rings (SSSR count). The van der Waals surface area contributed by atoms with Gasteiger partial charge in [0.1, 0.15) is 48.8 Å². The number of hydrogen-bond acceptors (Lipinski definition) is 13. The summed E-state index contributed by atoms with van der Waals surface area (Å²) in [5.41, 5.74) is 0. The molecule has 2 heterocycles. The standard InChI is InChI=1S/C46H87NO13/c1-3-5-7-9-11-13-15-16-17-18-19-20-21-23-25-27-29-35(50)34(47-38(51)30-28-26-24-22-14-12-10-8-6-4-2)33-57-45-43(56)41(54)44(37(32-49)59-45)60-46-42(55)40(53)39(52)36(31-48)58-46/h8,10,34-37,39-46,48-50,52-56H,3-7,9,11-33H2,1-2H3,(H,47,51)/b10-8-. The summed E-state index contributed by atoms with van der Waals surface area (Å²) in [5.74, 6) is -0.219. The van der Waals surface area contributed by atoms with E-state index in [9.17, 15) is 45.6 Å². The summed E-state index contributed by atoms with van der Waals surface area (Å²) < 4.78 is 22.7. The normalized spacial score (nSPS) is 28.3. The quantitative estimate of drug-likeness (QED) is 0.0292. The third-order valence-electron chi connectivity index (χ3n) is 12.0. The van der Waals surface area contributed by atoms with Crippen LogP contribution in [0.1, 0.15) is 181 Å². The molecule has 14 nitrogen and oxygen atoms in total. The highest BCUT2D eigenvalue weighted by molar-refractivity contribution is 5.76. The van der Waals surface area contributed by atoms with Gasteiger partial charge in [-0.1, -0.05) is 154 Å². The summed E-state index contributed by atoms with van der Waals surface area (Å²) in [4.78, 5) is 13.1. The highest BCUT2D eigenvalue weighted by atomic mass is 16.7. The van der Waals surface area contributed by atoms with Crippen molar-refractivity contribution in [3.05, 3.63) is 12.2 Å². The molecule has 2 aliphatic heterocycles. The van der Waals surface area contributed by atoms with Gasteiger partial charge in [-0.3, -0.25) is 4.79 Å². The number of ether oxygens (including phenoxy) is 4. The average Bonchev–Trinajstić information content (AvgIpc) is 3.24. The van der Waals surface area contributed by atoms with Crippen molar-refractivity contribution in [3.8, 4) is 0 Å². The van der Waals surface area contributed by atoms with Crippen LogP contribution in [-0.4, -0.2) is 140 Å². The van der Waals surface area contributed by atoms with Gasteiger partial charge < -0.3 is 65.1 Å². The minimum absolute atomic E-state index is 0.219. The smallest absolute Gasteiger partial charge is 0.220 e. The van der Waals surface area contributed by atoms with E-state index in [-0.39, 0.29) is 12.5 Å². The Morgan fingerprint density at radius 2 is 1.08 bits per heavy atom. The third kappa shape index (κ3) is 21.9. The number of allylic oxidation sites excluding steroid dienone is 2. The lowest BCUT2D eigenvalue weighted by Crippen LogP contribution is -2.65. The molecule has 354 valence electrons. The monoisotopic (exact) mass is 862 g/mol. The molecular formula is C46H87NO13. The number of carbonyl (C=O) groups is 1. The minimum Gasteiger partial charge on any atom is -0.394 e. The molecule has 0 aromatic rings. The maximum absolute atomic E-state index is 13.1. The molecule has 0 aromatic heterocycles. The molecule has 0 bridgehead atoms. The molecule has 2 aliphatic rings. The molecule has 0 aromatic carbocycles. The Morgan fingerprint density at radius 1 is 0.583 bits per heavy atom. The number of aliphatic hydroxyl groups is 8. The van der Waals surface area contributed by atoms with E-state index in [1.54, 1.807) is 0 Å². The van der Waals surface area contributed by atoms with Crippen molar-refractivity contribution < 1.29 is 64.6 Å². The summed E-state index contributed by atoms with van der Waals surface area (Å²) in [6.07, 6.45) is 16.5. The lowest BCUT2D eigenvalue weighted by molar-refractivity contribution is -0.359. The van der Waals surface area contributed by atoms with Crippen molar-refractivity contribution in [2.75, 3.05) is 19.8 Å². The zero-order valence-corrected chi connectivity index (χ0v) is 37.2. The van der Waals surface area contributed by atoms with Crippen molar-refractivity contribution in [2.24, 2.45) is 0 Å². The first-order chi connectivity index (χ1) is 29.1. The molecule has 0 aliphatic carbocycles. The van der Waals surface area contributed by atoms with Crippen molar-refractivity contribution in [2.45, 2.75) is 254 Å². The first-order valence-corrected chi connectivity index (χ1v) is 23.9. The molecule has 0 spiro atoms. The first-order valence-electron chi connectivity index (χ1n) is 23.9. The Balaban J connectivity index is 1.85. The zero-order valence-electron chi connectivity index (χ0n) is 37.2. The fraction of sp³-hybridized carbons (Fsp3) is 0.935. The van der Waals surface area contributed by atoms with Crippen molar-refractivity contribution in [3.63, 3.8) is 0 Å². The van der Waals surface area contributed by atoms with Gasteiger partial charge in [0.2, 0.25) is 5.91 Å². The summed E-state index contributed by atoms with van der Waals surface area (Å²) >= 11 is 0. The molecule has 12 atom stereocenters. The van der Waals surface area contributed by atoms with Crippen LogP contribution in [0.3, 0.4) is 0 Å². The number of hydrogen-bond donors (Lipinski definition) is 9. The summed E-state index contributed by atoms with van der Waals surface area (Å²) in [5, 5.41) is 86.6. The van der Waals surface area contributed by atoms with Gasteiger partial charge in [-0.25, -0.2) is 0 Å². The second-order valence-electron chi connectivity index (χ2n) is 17.2. The summed E-state index contributed by atoms with van der Waals surface area (Å²) in [7, 11) is 0. The van der Waals surface area contributed by atoms with Gasteiger partial charge in [0.25, 0.3) is 0 Å². The number of carbonyl (C=O) groups excluding carboxylic acids is 1. The second-order valence-corrected chi connectivity index (χ2v) is 17.2. The molecule has 2 saturated heterocycles. The molecule has 2 fully saturated rings. The number of amides is 1. The fourth-order valence-corrected chi connectivity index (χ4v) is 8.00. The predicted octanol–water partition coefficient (Wildman–Crippen LogP) is 5.21. The number of aliphatic hydroxyl groups excluding tert-OH is 8. The maximum Gasteiger partial charge on any atom is 0.220 e. The van der Waals surface area contributed by atoms with Gasteiger partial charge in [-0.2, -0.15) is 0 Å². The van der Waals surface area contributed by atoms with Crippen LogP contribution >= 0.6 is 0 Å². The minimum atomic E-state index is -1.78. The first kappa shape index (κ1) is 54.9. The van der Waals surface area contributed by atoms with E-state index in [0.717, 1.165) is 70.6 Å². The maximum atomic E-state index is 13.1. The Morgan fingerprint density at radius 3 is 1.65 bits per heavy atom. The molecule has 0 saturated carbocycles. The Hall–Kier alpha value is -1.27. The van der Waals surface area contributed by atoms with Crippen LogP contribution in [0.5, 0.6) is 0 Å².